The van der Waals surface area contributed by atoms with Crippen molar-refractivity contribution in [3.63, 3.8) is 0 Å². The number of nitrogens with zero attached hydrogens (tertiary/aromatic N) is 2. The molecule has 2 nitrogen and oxygen atoms in total. The lowest BCUT2D eigenvalue weighted by Crippen LogP contribution is -2.26. The Bertz CT molecular complexity index is 354. The monoisotopic (exact) mass is 222 g/mol. The lowest BCUT2D eigenvalue weighted by Gasteiger charge is -2.35. The summed E-state index contributed by atoms with van der Waals surface area (Å²) in [5.74, 6) is 0. The largest absolute Gasteiger partial charge is 0.259 e. The first-order valence-corrected chi connectivity index (χ1v) is 6.13. The van der Waals surface area contributed by atoms with Crippen molar-refractivity contribution in [1.29, 1.82) is 0 Å². The molecule has 2 rings (SSSR count). The topological polar surface area (TPSA) is 17.8 Å². The highest BCUT2D eigenvalue weighted by Gasteiger charge is 2.48. The number of aromatic nitrogens is 2. The van der Waals surface area contributed by atoms with E-state index in [4.69, 9.17) is 0 Å². The highest BCUT2D eigenvalue weighted by molar-refractivity contribution is 7.14. The van der Waals surface area contributed by atoms with Crippen LogP contribution in [0.5, 0.6) is 0 Å². The maximum Gasteiger partial charge on any atom is 0.181 e. The second kappa shape index (κ2) is 3.35. The maximum absolute atomic E-state index is 4.24. The first-order valence-electron chi connectivity index (χ1n) is 5.61. The summed E-state index contributed by atoms with van der Waals surface area (Å²) in [5, 5.41) is 4.24. The third kappa shape index (κ3) is 1.87. The second-order valence-electron chi connectivity index (χ2n) is 6.13. The molecular formula is C11H20BN2P. The minimum atomic E-state index is 0.431. The van der Waals surface area contributed by atoms with Gasteiger partial charge in [0.25, 0.3) is 0 Å². The van der Waals surface area contributed by atoms with Crippen molar-refractivity contribution < 1.29 is 0 Å². The summed E-state index contributed by atoms with van der Waals surface area (Å²) in [6.45, 7) is 10.2. The average Bonchev–Trinajstić information content (AvgIpc) is 2.56. The van der Waals surface area contributed by atoms with E-state index >= 15 is 0 Å². The number of rotatable bonds is 1. The minimum absolute atomic E-state index is 0.431. The average molecular weight is 222 g/mol. The molecule has 1 aliphatic rings. The van der Waals surface area contributed by atoms with Crippen LogP contribution in [-0.2, 0) is 0 Å². The molecule has 1 unspecified atom stereocenters. The SMILES string of the molecule is CC1(C)CB(c2cnn(P)c2)CC1(C)C. The Morgan fingerprint density at radius 2 is 1.80 bits per heavy atom. The predicted octanol–water partition coefficient (Wildman–Crippen LogP) is 2.29. The molecule has 1 atom stereocenters. The zero-order valence-corrected chi connectivity index (χ0v) is 11.3. The molecule has 1 saturated heterocycles. The molecule has 0 aliphatic carbocycles. The molecule has 2 heterocycles. The summed E-state index contributed by atoms with van der Waals surface area (Å²) in [5.41, 5.74) is 2.25. The molecule has 1 aliphatic heterocycles. The third-order valence-corrected chi connectivity index (χ3v) is 4.72. The standard InChI is InChI=1S/C11H20BN2P/c1-10(2)7-12(8-11(10,3)4)9-5-13-14(15)6-9/h5-6H,7-8,15H2,1-4H3. The van der Waals surface area contributed by atoms with Gasteiger partial charge < -0.3 is 0 Å². The van der Waals surface area contributed by atoms with E-state index in [9.17, 15) is 0 Å². The van der Waals surface area contributed by atoms with Crippen molar-refractivity contribution in [3.8, 4) is 0 Å². The van der Waals surface area contributed by atoms with Crippen LogP contribution in [0, 0.1) is 10.8 Å². The van der Waals surface area contributed by atoms with Gasteiger partial charge in [0.1, 0.15) is 0 Å². The van der Waals surface area contributed by atoms with Gasteiger partial charge in [0, 0.05) is 12.4 Å². The lowest BCUT2D eigenvalue weighted by molar-refractivity contribution is 0.177. The Kier molecular flexibility index (Phi) is 2.50. The predicted molar refractivity (Wildman–Crippen MR) is 69.9 cm³/mol. The maximum atomic E-state index is 4.24. The Balaban J connectivity index is 2.23. The van der Waals surface area contributed by atoms with E-state index in [1.54, 1.807) is 0 Å². The zero-order chi connectivity index (χ0) is 11.3. The molecule has 0 amide bonds. The molecule has 4 heteroatoms. The van der Waals surface area contributed by atoms with E-state index in [0.717, 1.165) is 0 Å². The van der Waals surface area contributed by atoms with Crippen LogP contribution < -0.4 is 5.46 Å². The van der Waals surface area contributed by atoms with Gasteiger partial charge in [-0.3, -0.25) is 4.45 Å². The van der Waals surface area contributed by atoms with Gasteiger partial charge in [-0.1, -0.05) is 40.3 Å². The molecule has 0 radical (unpaired) electrons. The van der Waals surface area contributed by atoms with Gasteiger partial charge in [0.05, 0.1) is 0 Å². The fourth-order valence-electron chi connectivity index (χ4n) is 2.66. The van der Waals surface area contributed by atoms with Gasteiger partial charge >= 0.3 is 0 Å². The van der Waals surface area contributed by atoms with Crippen LogP contribution in [0.3, 0.4) is 0 Å². The van der Waals surface area contributed by atoms with Crippen LogP contribution in [0.15, 0.2) is 12.4 Å². The van der Waals surface area contributed by atoms with Crippen LogP contribution in [-0.4, -0.2) is 16.3 Å². The Morgan fingerprint density at radius 1 is 1.27 bits per heavy atom. The van der Waals surface area contributed by atoms with E-state index < -0.39 is 0 Å². The molecule has 0 spiro atoms. The van der Waals surface area contributed by atoms with Gasteiger partial charge in [-0.2, -0.15) is 5.10 Å². The molecule has 82 valence electrons. The van der Waals surface area contributed by atoms with Gasteiger partial charge in [0.15, 0.2) is 6.71 Å². The fourth-order valence-corrected chi connectivity index (χ4v) is 2.89. The summed E-state index contributed by atoms with van der Waals surface area (Å²) in [7, 11) is 2.59. The van der Waals surface area contributed by atoms with Crippen LogP contribution in [0.2, 0.25) is 12.6 Å². The molecule has 15 heavy (non-hydrogen) atoms. The highest BCUT2D eigenvalue weighted by atomic mass is 31.0. The summed E-state index contributed by atoms with van der Waals surface area (Å²) in [6.07, 6.45) is 6.69. The van der Waals surface area contributed by atoms with Crippen molar-refractivity contribution >= 4 is 21.6 Å². The first kappa shape index (κ1) is 11.2. The number of hydrogen-bond donors (Lipinski definition) is 0. The van der Waals surface area contributed by atoms with Crippen molar-refractivity contribution in [2.45, 2.75) is 40.3 Å². The van der Waals surface area contributed by atoms with Crippen molar-refractivity contribution in [3.05, 3.63) is 12.4 Å². The van der Waals surface area contributed by atoms with Crippen LogP contribution in [0.4, 0.5) is 0 Å². The van der Waals surface area contributed by atoms with Crippen LogP contribution in [0.1, 0.15) is 27.7 Å². The van der Waals surface area contributed by atoms with E-state index in [1.807, 2.05) is 10.6 Å². The summed E-state index contributed by atoms with van der Waals surface area (Å²) < 4.78 is 1.83. The van der Waals surface area contributed by atoms with Crippen molar-refractivity contribution in [2.75, 3.05) is 0 Å². The smallest absolute Gasteiger partial charge is 0.181 e. The summed E-state index contributed by atoms with van der Waals surface area (Å²) >= 11 is 0. The molecule has 0 bridgehead atoms. The lowest BCUT2D eigenvalue weighted by atomic mass is 9.43. The van der Waals surface area contributed by atoms with Crippen LogP contribution in [0.25, 0.3) is 0 Å². The summed E-state index contributed by atoms with van der Waals surface area (Å²) in [4.78, 5) is 0. The minimum Gasteiger partial charge on any atom is -0.259 e. The molecule has 1 aromatic heterocycles. The highest BCUT2D eigenvalue weighted by Crippen LogP contribution is 2.52. The normalized spacial score (nSPS) is 23.4. The first-order chi connectivity index (χ1) is 6.82. The molecule has 1 fully saturated rings. The molecule has 0 aromatic carbocycles. The van der Waals surface area contributed by atoms with Crippen molar-refractivity contribution in [2.24, 2.45) is 10.8 Å². The van der Waals surface area contributed by atoms with Crippen LogP contribution >= 0.6 is 9.39 Å². The van der Waals surface area contributed by atoms with E-state index in [2.05, 4.69) is 48.4 Å². The molecule has 1 aromatic rings. The summed E-state index contributed by atoms with van der Waals surface area (Å²) in [6, 6.07) is 0. The Morgan fingerprint density at radius 3 is 2.20 bits per heavy atom. The number of hydrogen-bond acceptors (Lipinski definition) is 1. The zero-order valence-electron chi connectivity index (χ0n) is 10.1. The molecule has 0 N–H and O–H groups in total. The van der Waals surface area contributed by atoms with E-state index in [-0.39, 0.29) is 0 Å². The second-order valence-corrected chi connectivity index (χ2v) is 6.66. The Hall–Kier alpha value is -0.295. The van der Waals surface area contributed by atoms with Gasteiger partial charge in [-0.25, -0.2) is 0 Å². The van der Waals surface area contributed by atoms with Gasteiger partial charge in [-0.05, 0) is 25.7 Å². The third-order valence-electron chi connectivity index (χ3n) is 4.44. The Labute approximate surface area is 95.2 Å². The fraction of sp³-hybridized carbons (Fsp3) is 0.727. The molecule has 0 saturated carbocycles. The van der Waals surface area contributed by atoms with E-state index in [1.165, 1.54) is 18.1 Å². The molecular weight excluding hydrogens is 202 g/mol. The van der Waals surface area contributed by atoms with Gasteiger partial charge in [-0.15, -0.1) is 0 Å². The van der Waals surface area contributed by atoms with Crippen molar-refractivity contribution in [1.82, 2.24) is 9.55 Å². The van der Waals surface area contributed by atoms with E-state index in [0.29, 0.717) is 17.5 Å². The van der Waals surface area contributed by atoms with Gasteiger partial charge in [0.2, 0.25) is 0 Å². The quantitative estimate of drug-likeness (QED) is 0.526.